The van der Waals surface area contributed by atoms with Crippen LogP contribution in [0.3, 0.4) is 0 Å². The van der Waals surface area contributed by atoms with Crippen molar-refractivity contribution in [2.45, 2.75) is 12.1 Å². The predicted octanol–water partition coefficient (Wildman–Crippen LogP) is 2.36. The maximum atomic E-state index is 12.5. The van der Waals surface area contributed by atoms with Crippen LogP contribution in [0.25, 0.3) is 0 Å². The molecule has 0 radical (unpaired) electrons. The topological polar surface area (TPSA) is 59.4 Å². The summed E-state index contributed by atoms with van der Waals surface area (Å²) in [6, 6.07) is 2.15. The van der Waals surface area contributed by atoms with Crippen molar-refractivity contribution in [2.75, 3.05) is 6.61 Å². The van der Waals surface area contributed by atoms with Gasteiger partial charge in [-0.05, 0) is 12.1 Å². The number of aromatic carboxylic acids is 1. The SMILES string of the molecule is O=C(O)c1cccnc1OCC(F)(F)C(F)(F)F. The van der Waals surface area contributed by atoms with Crippen LogP contribution in [0.2, 0.25) is 0 Å². The standard InChI is InChI=1S/C9H6F5NO3/c10-8(11,9(12,13)14)4-18-6-5(7(16)17)2-1-3-15-6/h1-3H,4H2,(H,16,17). The minimum atomic E-state index is -5.77. The number of nitrogens with zero attached hydrogens (tertiary/aromatic N) is 1. The molecule has 1 rings (SSSR count). The number of aromatic nitrogens is 1. The third-order valence-corrected chi connectivity index (χ3v) is 1.81. The Labute approximate surface area is 97.0 Å². The highest BCUT2D eigenvalue weighted by Crippen LogP contribution is 2.35. The lowest BCUT2D eigenvalue weighted by Crippen LogP contribution is -2.42. The first-order valence-corrected chi connectivity index (χ1v) is 4.41. The molecular formula is C9H6F5NO3. The highest BCUT2D eigenvalue weighted by molar-refractivity contribution is 5.90. The summed E-state index contributed by atoms with van der Waals surface area (Å²) in [7, 11) is 0. The number of rotatable bonds is 4. The normalized spacial score (nSPS) is 12.3. The minimum absolute atomic E-state index is 0.601. The molecular weight excluding hydrogens is 265 g/mol. The zero-order chi connectivity index (χ0) is 14.0. The molecule has 1 aromatic heterocycles. The molecule has 0 atom stereocenters. The Morgan fingerprint density at radius 3 is 2.44 bits per heavy atom. The van der Waals surface area contributed by atoms with Gasteiger partial charge in [-0.2, -0.15) is 22.0 Å². The Balaban J connectivity index is 2.85. The van der Waals surface area contributed by atoms with Gasteiger partial charge in [-0.3, -0.25) is 0 Å². The van der Waals surface area contributed by atoms with Crippen molar-refractivity contribution >= 4 is 5.97 Å². The van der Waals surface area contributed by atoms with Crippen LogP contribution >= 0.6 is 0 Å². The quantitative estimate of drug-likeness (QED) is 0.854. The summed E-state index contributed by atoms with van der Waals surface area (Å²) in [6.45, 7) is -2.03. The lowest BCUT2D eigenvalue weighted by atomic mass is 10.3. The molecule has 0 aliphatic heterocycles. The summed E-state index contributed by atoms with van der Waals surface area (Å²) in [5.74, 6) is -7.43. The van der Waals surface area contributed by atoms with Gasteiger partial charge in [0.1, 0.15) is 5.56 Å². The van der Waals surface area contributed by atoms with Crippen molar-refractivity contribution in [2.24, 2.45) is 0 Å². The zero-order valence-electron chi connectivity index (χ0n) is 8.54. The van der Waals surface area contributed by atoms with E-state index in [1.165, 1.54) is 6.07 Å². The molecule has 9 heteroatoms. The summed E-state index contributed by atoms with van der Waals surface area (Å²) in [5, 5.41) is 8.63. The minimum Gasteiger partial charge on any atom is -0.477 e. The molecule has 0 amide bonds. The summed E-state index contributed by atoms with van der Waals surface area (Å²) in [4.78, 5) is 13.9. The van der Waals surface area contributed by atoms with Crippen molar-refractivity contribution in [3.63, 3.8) is 0 Å². The molecule has 0 saturated carbocycles. The number of halogens is 5. The molecule has 1 heterocycles. The van der Waals surface area contributed by atoms with Gasteiger partial charge in [-0.1, -0.05) is 0 Å². The van der Waals surface area contributed by atoms with Crippen LogP contribution in [0.4, 0.5) is 22.0 Å². The van der Waals surface area contributed by atoms with Crippen LogP contribution < -0.4 is 4.74 Å². The van der Waals surface area contributed by atoms with Gasteiger partial charge in [0.25, 0.3) is 0 Å². The smallest absolute Gasteiger partial charge is 0.456 e. The fourth-order valence-electron chi connectivity index (χ4n) is 0.909. The van der Waals surface area contributed by atoms with E-state index in [-0.39, 0.29) is 0 Å². The van der Waals surface area contributed by atoms with E-state index in [9.17, 15) is 26.7 Å². The van der Waals surface area contributed by atoms with E-state index in [1.54, 1.807) is 0 Å². The average molecular weight is 271 g/mol. The van der Waals surface area contributed by atoms with Gasteiger partial charge in [-0.15, -0.1) is 0 Å². The van der Waals surface area contributed by atoms with Crippen molar-refractivity contribution < 1.29 is 36.6 Å². The molecule has 0 saturated heterocycles. The Hall–Kier alpha value is -1.93. The van der Waals surface area contributed by atoms with Gasteiger partial charge < -0.3 is 9.84 Å². The lowest BCUT2D eigenvalue weighted by molar-refractivity contribution is -0.290. The first-order valence-electron chi connectivity index (χ1n) is 4.41. The Morgan fingerprint density at radius 1 is 1.33 bits per heavy atom. The van der Waals surface area contributed by atoms with E-state index < -0.39 is 36.1 Å². The number of carbonyl (C=O) groups is 1. The summed E-state index contributed by atoms with van der Waals surface area (Å²) >= 11 is 0. The average Bonchev–Trinajstić information content (AvgIpc) is 2.25. The van der Waals surface area contributed by atoms with Crippen molar-refractivity contribution in [3.8, 4) is 5.88 Å². The number of carboxylic acid groups (broad SMARTS) is 1. The molecule has 0 bridgehead atoms. The van der Waals surface area contributed by atoms with Crippen molar-refractivity contribution in [1.82, 2.24) is 4.98 Å². The van der Waals surface area contributed by atoms with Crippen LogP contribution in [-0.2, 0) is 0 Å². The summed E-state index contributed by atoms with van der Waals surface area (Å²) < 4.78 is 64.7. The third-order valence-electron chi connectivity index (χ3n) is 1.81. The van der Waals surface area contributed by atoms with E-state index >= 15 is 0 Å². The predicted molar refractivity (Wildman–Crippen MR) is 47.7 cm³/mol. The highest BCUT2D eigenvalue weighted by atomic mass is 19.4. The molecule has 1 N–H and O–H groups in total. The second-order valence-corrected chi connectivity index (χ2v) is 3.15. The molecule has 0 unspecified atom stereocenters. The number of pyridine rings is 1. The van der Waals surface area contributed by atoms with E-state index in [0.29, 0.717) is 0 Å². The molecule has 18 heavy (non-hydrogen) atoms. The highest BCUT2D eigenvalue weighted by Gasteiger charge is 2.58. The van der Waals surface area contributed by atoms with E-state index in [0.717, 1.165) is 12.3 Å². The second kappa shape index (κ2) is 4.75. The summed E-state index contributed by atoms with van der Waals surface area (Å²) in [6.07, 6.45) is -4.77. The Morgan fingerprint density at radius 2 is 1.94 bits per heavy atom. The molecule has 0 aliphatic rings. The number of alkyl halides is 5. The number of hydrogen-bond donors (Lipinski definition) is 1. The molecule has 0 spiro atoms. The van der Waals surface area contributed by atoms with Crippen molar-refractivity contribution in [3.05, 3.63) is 23.9 Å². The van der Waals surface area contributed by atoms with Crippen LogP contribution in [-0.4, -0.2) is 34.8 Å². The third kappa shape index (κ3) is 3.05. The maximum Gasteiger partial charge on any atom is 0.456 e. The van der Waals surface area contributed by atoms with Crippen LogP contribution in [0.5, 0.6) is 5.88 Å². The fourth-order valence-corrected chi connectivity index (χ4v) is 0.909. The van der Waals surface area contributed by atoms with E-state index in [1.807, 2.05) is 0 Å². The maximum absolute atomic E-state index is 12.5. The molecule has 4 nitrogen and oxygen atoms in total. The second-order valence-electron chi connectivity index (χ2n) is 3.15. The summed E-state index contributed by atoms with van der Waals surface area (Å²) in [5.41, 5.74) is -0.601. The van der Waals surface area contributed by atoms with Crippen LogP contribution in [0, 0.1) is 0 Å². The van der Waals surface area contributed by atoms with Crippen LogP contribution in [0.15, 0.2) is 18.3 Å². The Kier molecular flexibility index (Phi) is 3.73. The number of hydrogen-bond acceptors (Lipinski definition) is 3. The van der Waals surface area contributed by atoms with E-state index in [4.69, 9.17) is 5.11 Å². The zero-order valence-corrected chi connectivity index (χ0v) is 8.54. The molecule has 0 fully saturated rings. The first kappa shape index (κ1) is 14.1. The van der Waals surface area contributed by atoms with Gasteiger partial charge in [0.15, 0.2) is 6.61 Å². The van der Waals surface area contributed by atoms with Gasteiger partial charge >= 0.3 is 18.1 Å². The molecule has 0 aromatic carbocycles. The first-order chi connectivity index (χ1) is 8.15. The number of ether oxygens (including phenoxy) is 1. The largest absolute Gasteiger partial charge is 0.477 e. The fraction of sp³-hybridized carbons (Fsp3) is 0.333. The van der Waals surface area contributed by atoms with Gasteiger partial charge in [0, 0.05) is 6.20 Å². The number of carboxylic acids is 1. The molecule has 1 aromatic rings. The van der Waals surface area contributed by atoms with Gasteiger partial charge in [-0.25, -0.2) is 9.78 Å². The monoisotopic (exact) mass is 271 g/mol. The van der Waals surface area contributed by atoms with Crippen LogP contribution in [0.1, 0.15) is 10.4 Å². The lowest BCUT2D eigenvalue weighted by Gasteiger charge is -2.19. The molecule has 0 aliphatic carbocycles. The molecule has 100 valence electrons. The van der Waals surface area contributed by atoms with Gasteiger partial charge in [0.2, 0.25) is 5.88 Å². The van der Waals surface area contributed by atoms with E-state index in [2.05, 4.69) is 9.72 Å². The van der Waals surface area contributed by atoms with Crippen molar-refractivity contribution in [1.29, 1.82) is 0 Å². The van der Waals surface area contributed by atoms with Gasteiger partial charge in [0.05, 0.1) is 0 Å². The Bertz CT molecular complexity index is 446.